The summed E-state index contributed by atoms with van der Waals surface area (Å²) < 4.78 is 25.5. The molecule has 0 radical (unpaired) electrons. The van der Waals surface area contributed by atoms with Crippen LogP contribution in [0.25, 0.3) is 21.1 Å². The molecule has 1 aliphatic heterocycles. The van der Waals surface area contributed by atoms with Crippen molar-refractivity contribution in [3.05, 3.63) is 32.5 Å². The van der Waals surface area contributed by atoms with Crippen molar-refractivity contribution in [2.75, 3.05) is 31.6 Å². The van der Waals surface area contributed by atoms with E-state index in [0.717, 1.165) is 30.9 Å². The summed E-state index contributed by atoms with van der Waals surface area (Å²) in [5.41, 5.74) is 0.115. The summed E-state index contributed by atoms with van der Waals surface area (Å²) in [7, 11) is 1.50. The normalized spacial score (nSPS) is 17.5. The van der Waals surface area contributed by atoms with Crippen LogP contribution in [0.3, 0.4) is 0 Å². The van der Waals surface area contributed by atoms with Crippen molar-refractivity contribution in [3.63, 3.8) is 0 Å². The standard InChI is InChI=1S/C19H21FN4O3S/c1-3-21-9-7-23(8-9)15-12(20)6-11-14(17(15)27-2)24(10-4-5-10)19-13(16(11)25)18(26)22-28-19/h6,9-10,21H,3-5,7-8H2,1-2H3,(H,22,26). The number of benzene rings is 1. The lowest BCUT2D eigenvalue weighted by atomic mass is 10.0. The molecule has 0 unspecified atom stereocenters. The Morgan fingerprint density at radius 1 is 1.36 bits per heavy atom. The molecule has 2 aliphatic rings. The fourth-order valence-corrected chi connectivity index (χ4v) is 5.08. The van der Waals surface area contributed by atoms with E-state index < -0.39 is 16.8 Å². The molecule has 0 atom stereocenters. The molecule has 0 spiro atoms. The molecule has 1 aromatic carbocycles. The van der Waals surface area contributed by atoms with Crippen molar-refractivity contribution in [1.82, 2.24) is 14.3 Å². The van der Waals surface area contributed by atoms with E-state index in [9.17, 15) is 9.59 Å². The van der Waals surface area contributed by atoms with Crippen LogP contribution in [-0.2, 0) is 0 Å². The van der Waals surface area contributed by atoms with Crippen LogP contribution in [0.5, 0.6) is 5.75 Å². The van der Waals surface area contributed by atoms with Gasteiger partial charge in [-0.2, -0.15) is 0 Å². The number of anilines is 1. The number of likely N-dealkylation sites (N-methyl/N-ethyl adjacent to an activating group) is 1. The molecule has 2 aromatic heterocycles. The number of hydrogen-bond donors (Lipinski definition) is 2. The summed E-state index contributed by atoms with van der Waals surface area (Å²) in [6.45, 7) is 4.27. The summed E-state index contributed by atoms with van der Waals surface area (Å²) in [4.78, 5) is 27.8. The monoisotopic (exact) mass is 404 g/mol. The van der Waals surface area contributed by atoms with E-state index in [0.29, 0.717) is 40.9 Å². The molecule has 5 rings (SSSR count). The molecule has 148 valence electrons. The van der Waals surface area contributed by atoms with Gasteiger partial charge in [-0.3, -0.25) is 14.0 Å². The molecule has 2 N–H and O–H groups in total. The van der Waals surface area contributed by atoms with Gasteiger partial charge in [0.1, 0.15) is 15.9 Å². The molecule has 1 aliphatic carbocycles. The molecule has 28 heavy (non-hydrogen) atoms. The zero-order valence-electron chi connectivity index (χ0n) is 15.7. The molecular formula is C19H21FN4O3S. The first-order chi connectivity index (χ1) is 13.5. The van der Waals surface area contributed by atoms with Gasteiger partial charge in [0.05, 0.1) is 18.0 Å². The quantitative estimate of drug-likeness (QED) is 0.682. The van der Waals surface area contributed by atoms with E-state index in [-0.39, 0.29) is 16.8 Å². The zero-order valence-corrected chi connectivity index (χ0v) is 16.5. The summed E-state index contributed by atoms with van der Waals surface area (Å²) in [5, 5.41) is 3.66. The Balaban J connectivity index is 1.82. The van der Waals surface area contributed by atoms with Crippen molar-refractivity contribution in [2.45, 2.75) is 31.8 Å². The molecule has 9 heteroatoms. The lowest BCUT2D eigenvalue weighted by Gasteiger charge is -2.42. The summed E-state index contributed by atoms with van der Waals surface area (Å²) in [6, 6.07) is 1.77. The minimum Gasteiger partial charge on any atom is -0.492 e. The fraction of sp³-hybridized carbons (Fsp3) is 0.474. The van der Waals surface area contributed by atoms with E-state index in [1.54, 1.807) is 0 Å². The number of methoxy groups -OCH3 is 1. The number of rotatable bonds is 5. The Kier molecular flexibility index (Phi) is 3.99. The number of H-pyrrole nitrogens is 1. The Morgan fingerprint density at radius 2 is 2.11 bits per heavy atom. The van der Waals surface area contributed by atoms with E-state index in [1.807, 2.05) is 16.4 Å². The Hall–Kier alpha value is -2.39. The second kappa shape index (κ2) is 6.31. The highest BCUT2D eigenvalue weighted by Crippen LogP contribution is 2.46. The average Bonchev–Trinajstić information content (AvgIpc) is 3.40. The summed E-state index contributed by atoms with van der Waals surface area (Å²) >= 11 is 1.15. The molecule has 0 bridgehead atoms. The molecule has 3 heterocycles. The smallest absolute Gasteiger partial charge is 0.271 e. The first-order valence-electron chi connectivity index (χ1n) is 9.49. The highest BCUT2D eigenvalue weighted by atomic mass is 32.1. The number of aromatic amines is 1. The Morgan fingerprint density at radius 3 is 2.75 bits per heavy atom. The third-order valence-corrected chi connectivity index (χ3v) is 6.48. The predicted molar refractivity (Wildman–Crippen MR) is 109 cm³/mol. The molecule has 1 saturated carbocycles. The minimum atomic E-state index is -0.496. The lowest BCUT2D eigenvalue weighted by Crippen LogP contribution is -2.58. The first kappa shape index (κ1) is 17.7. The second-order valence-corrected chi connectivity index (χ2v) is 8.23. The Labute approximate surface area is 163 Å². The average molecular weight is 404 g/mol. The van der Waals surface area contributed by atoms with Gasteiger partial charge in [-0.1, -0.05) is 6.92 Å². The van der Waals surface area contributed by atoms with Crippen LogP contribution < -0.4 is 25.9 Å². The maximum atomic E-state index is 15.1. The minimum absolute atomic E-state index is 0.106. The topological polar surface area (TPSA) is 79.4 Å². The lowest BCUT2D eigenvalue weighted by molar-refractivity contribution is 0.392. The van der Waals surface area contributed by atoms with Crippen LogP contribution >= 0.6 is 11.5 Å². The molecule has 7 nitrogen and oxygen atoms in total. The maximum Gasteiger partial charge on any atom is 0.271 e. The third-order valence-electron chi connectivity index (χ3n) is 5.60. The first-order valence-corrected chi connectivity index (χ1v) is 10.3. The van der Waals surface area contributed by atoms with Gasteiger partial charge in [-0.25, -0.2) is 4.39 Å². The highest BCUT2D eigenvalue weighted by molar-refractivity contribution is 7.12. The zero-order chi connectivity index (χ0) is 19.6. The van der Waals surface area contributed by atoms with Gasteiger partial charge in [-0.15, -0.1) is 0 Å². The SMILES string of the molecule is CCNC1CN(c2c(F)cc3c(=O)c4c(=O)[nH]sc4n(C4CC4)c3c2OC)C1. The molecular weight excluding hydrogens is 383 g/mol. The summed E-state index contributed by atoms with van der Waals surface area (Å²) in [6.07, 6.45) is 1.92. The van der Waals surface area contributed by atoms with Crippen LogP contribution in [-0.4, -0.2) is 41.7 Å². The van der Waals surface area contributed by atoms with Crippen LogP contribution in [0.4, 0.5) is 10.1 Å². The maximum absolute atomic E-state index is 15.1. The van der Waals surface area contributed by atoms with Gasteiger partial charge in [-0.05, 0) is 37.0 Å². The number of nitrogens with zero attached hydrogens (tertiary/aromatic N) is 2. The van der Waals surface area contributed by atoms with Gasteiger partial charge in [0.15, 0.2) is 11.6 Å². The predicted octanol–water partition coefficient (Wildman–Crippen LogP) is 2.19. The number of hydrogen-bond acceptors (Lipinski definition) is 6. The van der Waals surface area contributed by atoms with Gasteiger partial charge < -0.3 is 19.5 Å². The van der Waals surface area contributed by atoms with E-state index in [1.165, 1.54) is 13.2 Å². The van der Waals surface area contributed by atoms with E-state index >= 15 is 4.39 Å². The molecule has 2 fully saturated rings. The number of halogens is 1. The van der Waals surface area contributed by atoms with Crippen molar-refractivity contribution in [3.8, 4) is 5.75 Å². The van der Waals surface area contributed by atoms with Crippen molar-refractivity contribution in [2.24, 2.45) is 0 Å². The van der Waals surface area contributed by atoms with Gasteiger partial charge in [0, 0.05) is 25.2 Å². The number of aromatic nitrogens is 2. The molecule has 3 aromatic rings. The number of fused-ring (bicyclic) bond motifs is 2. The molecule has 1 saturated heterocycles. The van der Waals surface area contributed by atoms with Gasteiger partial charge in [0.2, 0.25) is 5.43 Å². The van der Waals surface area contributed by atoms with Crippen molar-refractivity contribution < 1.29 is 9.13 Å². The van der Waals surface area contributed by atoms with Crippen molar-refractivity contribution >= 4 is 38.3 Å². The number of nitrogens with one attached hydrogen (secondary N) is 2. The van der Waals surface area contributed by atoms with Gasteiger partial charge in [0.25, 0.3) is 5.56 Å². The summed E-state index contributed by atoms with van der Waals surface area (Å²) in [5.74, 6) is -0.124. The number of pyridine rings is 1. The largest absolute Gasteiger partial charge is 0.492 e. The van der Waals surface area contributed by atoms with Crippen LogP contribution in [0.2, 0.25) is 0 Å². The van der Waals surface area contributed by atoms with Crippen LogP contribution in [0.15, 0.2) is 15.7 Å². The van der Waals surface area contributed by atoms with Crippen LogP contribution in [0, 0.1) is 5.82 Å². The third kappa shape index (κ3) is 2.42. The van der Waals surface area contributed by atoms with Crippen LogP contribution in [0.1, 0.15) is 25.8 Å². The number of ether oxygens (including phenoxy) is 1. The fourth-order valence-electron chi connectivity index (χ4n) is 4.17. The molecule has 0 amide bonds. The van der Waals surface area contributed by atoms with Crippen molar-refractivity contribution in [1.29, 1.82) is 0 Å². The highest BCUT2D eigenvalue weighted by Gasteiger charge is 2.35. The van der Waals surface area contributed by atoms with E-state index in [4.69, 9.17) is 4.74 Å². The van der Waals surface area contributed by atoms with Gasteiger partial charge >= 0.3 is 0 Å². The Bertz CT molecular complexity index is 1200. The van der Waals surface area contributed by atoms with E-state index in [2.05, 4.69) is 9.69 Å². The second-order valence-electron chi connectivity index (χ2n) is 7.44.